The minimum absolute atomic E-state index is 0.196. The van der Waals surface area contributed by atoms with E-state index >= 15 is 0 Å². The van der Waals surface area contributed by atoms with Crippen LogP contribution in [0.4, 0.5) is 0 Å². The number of methoxy groups -OCH3 is 1. The summed E-state index contributed by atoms with van der Waals surface area (Å²) in [5, 5.41) is 2.86. The molecule has 29 heavy (non-hydrogen) atoms. The van der Waals surface area contributed by atoms with Crippen molar-refractivity contribution in [2.45, 2.75) is 33.4 Å². The molecule has 0 aliphatic rings. The molecule has 0 unspecified atom stereocenters. The fourth-order valence-corrected chi connectivity index (χ4v) is 3.44. The number of nitrogens with one attached hydrogen (secondary N) is 1. The van der Waals surface area contributed by atoms with Crippen LogP contribution in [0.1, 0.15) is 39.8 Å². The lowest BCUT2D eigenvalue weighted by Gasteiger charge is -2.20. The summed E-state index contributed by atoms with van der Waals surface area (Å²) in [6.45, 7) is 4.69. The number of rotatable bonds is 7. The molecule has 6 heteroatoms. The van der Waals surface area contributed by atoms with Crippen LogP contribution in [-0.4, -0.2) is 22.6 Å². The molecule has 0 atom stereocenters. The lowest BCUT2D eigenvalue weighted by Crippen LogP contribution is -2.32. The molecular weight excluding hydrogens is 366 g/mol. The summed E-state index contributed by atoms with van der Waals surface area (Å²) in [6.07, 6.45) is 3.90. The second-order valence-corrected chi connectivity index (χ2v) is 6.76. The zero-order valence-corrected chi connectivity index (χ0v) is 16.9. The Labute approximate surface area is 170 Å². The molecule has 1 amide bonds. The third kappa shape index (κ3) is 4.54. The summed E-state index contributed by atoms with van der Waals surface area (Å²) in [4.78, 5) is 29.6. The Hall–Kier alpha value is -3.41. The molecule has 3 rings (SSSR count). The highest BCUT2D eigenvalue weighted by Crippen LogP contribution is 2.21. The van der Waals surface area contributed by atoms with Gasteiger partial charge in [0.05, 0.1) is 13.7 Å². The van der Waals surface area contributed by atoms with Crippen LogP contribution < -0.4 is 15.5 Å². The molecule has 6 nitrogen and oxygen atoms in total. The van der Waals surface area contributed by atoms with Crippen LogP contribution in [0.15, 0.2) is 59.7 Å². The lowest BCUT2D eigenvalue weighted by molar-refractivity contribution is 0.0948. The quantitative estimate of drug-likeness (QED) is 0.672. The van der Waals surface area contributed by atoms with Gasteiger partial charge in [-0.1, -0.05) is 25.1 Å². The molecule has 2 heterocycles. The number of hydrogen-bond donors (Lipinski definition) is 1. The first-order valence-corrected chi connectivity index (χ1v) is 9.57. The molecule has 0 spiro atoms. The number of amides is 1. The van der Waals surface area contributed by atoms with Crippen LogP contribution in [0.2, 0.25) is 0 Å². The van der Waals surface area contributed by atoms with E-state index in [1.807, 2.05) is 54.8 Å². The van der Waals surface area contributed by atoms with Crippen LogP contribution in [-0.2, 0) is 19.5 Å². The van der Waals surface area contributed by atoms with E-state index in [1.54, 1.807) is 19.5 Å². The maximum atomic E-state index is 12.9. The van der Waals surface area contributed by atoms with Gasteiger partial charge in [-0.05, 0) is 37.1 Å². The van der Waals surface area contributed by atoms with Crippen LogP contribution in [0.5, 0.6) is 5.75 Å². The van der Waals surface area contributed by atoms with E-state index in [9.17, 15) is 9.59 Å². The van der Waals surface area contributed by atoms with Crippen molar-refractivity contribution in [2.24, 2.45) is 0 Å². The second kappa shape index (κ2) is 9.19. The standard InChI is InChI=1S/C23H25N3O3/c1-4-19-22(23(28)25-14-17-9-11-24-12-10-17)20(27)13-16(2)26(19)15-18-7-5-6-8-21(18)29-3/h5-13H,4,14-15H2,1-3H3,(H,25,28). The number of aryl methyl sites for hydroxylation is 1. The number of ether oxygens (including phenoxy) is 1. The number of para-hydroxylation sites is 1. The Morgan fingerprint density at radius 1 is 1.17 bits per heavy atom. The summed E-state index contributed by atoms with van der Waals surface area (Å²) in [5.41, 5.74) is 3.37. The molecular formula is C23H25N3O3. The van der Waals surface area contributed by atoms with Gasteiger partial charge >= 0.3 is 0 Å². The van der Waals surface area contributed by atoms with Crippen molar-refractivity contribution in [1.29, 1.82) is 0 Å². The molecule has 2 aromatic heterocycles. The smallest absolute Gasteiger partial charge is 0.257 e. The maximum absolute atomic E-state index is 12.9. The third-order valence-corrected chi connectivity index (χ3v) is 4.91. The Bertz CT molecular complexity index is 1060. The molecule has 1 N–H and O–H groups in total. The van der Waals surface area contributed by atoms with E-state index in [0.29, 0.717) is 25.2 Å². The predicted octanol–water partition coefficient (Wildman–Crippen LogP) is 3.10. The highest BCUT2D eigenvalue weighted by Gasteiger charge is 2.19. The van der Waals surface area contributed by atoms with Gasteiger partial charge in [-0.3, -0.25) is 14.6 Å². The molecule has 0 aliphatic heterocycles. The van der Waals surface area contributed by atoms with Crippen LogP contribution in [0, 0.1) is 6.92 Å². The SMILES string of the molecule is CCc1c(C(=O)NCc2ccncc2)c(=O)cc(C)n1Cc1ccccc1OC. The Morgan fingerprint density at radius 3 is 2.59 bits per heavy atom. The van der Waals surface area contributed by atoms with Gasteiger partial charge in [0, 0.05) is 42.0 Å². The van der Waals surface area contributed by atoms with Crippen molar-refractivity contribution in [3.63, 3.8) is 0 Å². The number of carbonyl (C=O) groups is 1. The van der Waals surface area contributed by atoms with Crippen molar-refractivity contribution < 1.29 is 9.53 Å². The van der Waals surface area contributed by atoms with Crippen molar-refractivity contribution in [3.05, 3.63) is 93.2 Å². The lowest BCUT2D eigenvalue weighted by atomic mass is 10.1. The van der Waals surface area contributed by atoms with E-state index < -0.39 is 0 Å². The van der Waals surface area contributed by atoms with Crippen LogP contribution in [0.25, 0.3) is 0 Å². The topological polar surface area (TPSA) is 73.2 Å². The van der Waals surface area contributed by atoms with Gasteiger partial charge in [0.2, 0.25) is 0 Å². The zero-order chi connectivity index (χ0) is 20.8. The molecule has 0 saturated carbocycles. The Balaban J connectivity index is 1.96. The molecule has 0 radical (unpaired) electrons. The first kappa shape index (κ1) is 20.3. The van der Waals surface area contributed by atoms with E-state index in [0.717, 1.165) is 22.6 Å². The summed E-state index contributed by atoms with van der Waals surface area (Å²) < 4.78 is 7.47. The van der Waals surface area contributed by atoms with Crippen LogP contribution >= 0.6 is 0 Å². The summed E-state index contributed by atoms with van der Waals surface area (Å²) >= 11 is 0. The van der Waals surface area contributed by atoms with Gasteiger partial charge in [-0.2, -0.15) is 0 Å². The van der Waals surface area contributed by atoms with Gasteiger partial charge in [0.15, 0.2) is 5.43 Å². The summed E-state index contributed by atoms with van der Waals surface area (Å²) in [6, 6.07) is 12.9. The number of aromatic nitrogens is 2. The van der Waals surface area contributed by atoms with Gasteiger partial charge in [0.1, 0.15) is 11.3 Å². The largest absolute Gasteiger partial charge is 0.496 e. The van der Waals surface area contributed by atoms with Gasteiger partial charge in [-0.15, -0.1) is 0 Å². The number of hydrogen-bond acceptors (Lipinski definition) is 4. The van der Waals surface area contributed by atoms with Crippen LogP contribution in [0.3, 0.4) is 0 Å². The summed E-state index contributed by atoms with van der Waals surface area (Å²) in [7, 11) is 1.63. The third-order valence-electron chi connectivity index (χ3n) is 4.91. The van der Waals surface area contributed by atoms with E-state index in [-0.39, 0.29) is 16.9 Å². The average molecular weight is 391 g/mol. The number of nitrogens with zero attached hydrogens (tertiary/aromatic N) is 2. The monoisotopic (exact) mass is 391 g/mol. The molecule has 0 bridgehead atoms. The second-order valence-electron chi connectivity index (χ2n) is 6.76. The summed E-state index contributed by atoms with van der Waals surface area (Å²) in [5.74, 6) is 0.411. The first-order valence-electron chi connectivity index (χ1n) is 9.57. The minimum atomic E-state index is -0.363. The van der Waals surface area contributed by atoms with Gasteiger partial charge < -0.3 is 14.6 Å². The zero-order valence-electron chi connectivity index (χ0n) is 16.9. The van der Waals surface area contributed by atoms with Crippen molar-refractivity contribution in [1.82, 2.24) is 14.9 Å². The molecule has 0 fully saturated rings. The molecule has 3 aromatic rings. The van der Waals surface area contributed by atoms with Crippen molar-refractivity contribution in [2.75, 3.05) is 7.11 Å². The Kier molecular flexibility index (Phi) is 6.44. The number of benzene rings is 1. The fraction of sp³-hybridized carbons (Fsp3) is 0.261. The van der Waals surface area contributed by atoms with E-state index in [1.165, 1.54) is 6.07 Å². The van der Waals surface area contributed by atoms with Crippen molar-refractivity contribution >= 4 is 5.91 Å². The highest BCUT2D eigenvalue weighted by atomic mass is 16.5. The molecule has 0 saturated heterocycles. The van der Waals surface area contributed by atoms with Gasteiger partial charge in [-0.25, -0.2) is 0 Å². The Morgan fingerprint density at radius 2 is 1.90 bits per heavy atom. The van der Waals surface area contributed by atoms with E-state index in [4.69, 9.17) is 4.74 Å². The predicted molar refractivity (Wildman–Crippen MR) is 112 cm³/mol. The molecule has 0 aliphatic carbocycles. The first-order chi connectivity index (χ1) is 14.0. The van der Waals surface area contributed by atoms with Gasteiger partial charge in [0.25, 0.3) is 5.91 Å². The maximum Gasteiger partial charge on any atom is 0.257 e. The molecule has 150 valence electrons. The fourth-order valence-electron chi connectivity index (χ4n) is 3.44. The number of pyridine rings is 2. The normalized spacial score (nSPS) is 10.6. The number of carbonyl (C=O) groups excluding carboxylic acids is 1. The van der Waals surface area contributed by atoms with Crippen molar-refractivity contribution in [3.8, 4) is 5.75 Å². The molecule has 1 aromatic carbocycles. The average Bonchev–Trinajstić information content (AvgIpc) is 2.74. The minimum Gasteiger partial charge on any atom is -0.496 e. The van der Waals surface area contributed by atoms with E-state index in [2.05, 4.69) is 10.3 Å². The highest BCUT2D eigenvalue weighted by molar-refractivity contribution is 5.95.